The van der Waals surface area contributed by atoms with Crippen LogP contribution in [0.25, 0.3) is 0 Å². The first-order chi connectivity index (χ1) is 13.2. The second kappa shape index (κ2) is 10.3. The first-order valence-electron chi connectivity index (χ1n) is 9.22. The molecular formula is C21H27N5S. The summed E-state index contributed by atoms with van der Waals surface area (Å²) in [4.78, 5) is 4.87. The standard InChI is InChI=1S/C21H27N5S/c1-25-10-12-26(13-11-25)16-20-9-5-8-19(14-20)15-23-24-21(22)27-17-18-6-3-2-4-7-18/h2-9,14-15H,10-13,16-17H2,1H3,(H2,22,24). The molecule has 2 N–H and O–H groups in total. The Bertz CT molecular complexity index is 767. The average molecular weight is 382 g/mol. The van der Waals surface area contributed by atoms with E-state index < -0.39 is 0 Å². The Balaban J connectivity index is 1.50. The highest BCUT2D eigenvalue weighted by atomic mass is 32.2. The third kappa shape index (κ3) is 6.82. The Kier molecular flexibility index (Phi) is 7.45. The topological polar surface area (TPSA) is 57.2 Å². The molecule has 0 aliphatic carbocycles. The fourth-order valence-electron chi connectivity index (χ4n) is 2.95. The average Bonchev–Trinajstić information content (AvgIpc) is 2.69. The van der Waals surface area contributed by atoms with E-state index in [-0.39, 0.29) is 0 Å². The van der Waals surface area contributed by atoms with Crippen LogP contribution in [0.15, 0.2) is 64.8 Å². The number of piperazine rings is 1. The maximum Gasteiger partial charge on any atom is 0.180 e. The molecule has 0 spiro atoms. The van der Waals surface area contributed by atoms with Crippen LogP contribution in [0.3, 0.4) is 0 Å². The zero-order chi connectivity index (χ0) is 18.9. The van der Waals surface area contributed by atoms with E-state index in [1.807, 2.05) is 24.3 Å². The molecule has 142 valence electrons. The molecule has 2 aromatic rings. The van der Waals surface area contributed by atoms with Crippen molar-refractivity contribution in [2.75, 3.05) is 33.2 Å². The predicted molar refractivity (Wildman–Crippen MR) is 116 cm³/mol. The van der Waals surface area contributed by atoms with Gasteiger partial charge in [-0.2, -0.15) is 5.10 Å². The molecule has 0 radical (unpaired) electrons. The van der Waals surface area contributed by atoms with Crippen molar-refractivity contribution in [3.63, 3.8) is 0 Å². The van der Waals surface area contributed by atoms with Gasteiger partial charge >= 0.3 is 0 Å². The molecule has 27 heavy (non-hydrogen) atoms. The summed E-state index contributed by atoms with van der Waals surface area (Å²) in [5, 5.41) is 8.72. The van der Waals surface area contributed by atoms with Crippen molar-refractivity contribution in [2.45, 2.75) is 12.3 Å². The predicted octanol–water partition coefficient (Wildman–Crippen LogP) is 3.02. The minimum Gasteiger partial charge on any atom is -0.377 e. The van der Waals surface area contributed by atoms with Crippen LogP contribution in [-0.2, 0) is 12.3 Å². The van der Waals surface area contributed by atoms with Crippen LogP contribution in [0, 0.1) is 0 Å². The Hall–Kier alpha value is -2.15. The van der Waals surface area contributed by atoms with E-state index in [2.05, 4.69) is 57.4 Å². The Morgan fingerprint density at radius 2 is 1.78 bits per heavy atom. The maximum atomic E-state index is 5.94. The highest BCUT2D eigenvalue weighted by molar-refractivity contribution is 8.13. The lowest BCUT2D eigenvalue weighted by molar-refractivity contribution is 0.148. The number of hydrogen-bond donors (Lipinski definition) is 1. The minimum atomic E-state index is 0.476. The zero-order valence-corrected chi connectivity index (χ0v) is 16.6. The molecule has 5 nitrogen and oxygen atoms in total. The minimum absolute atomic E-state index is 0.476. The van der Waals surface area contributed by atoms with Crippen molar-refractivity contribution >= 4 is 23.1 Å². The smallest absolute Gasteiger partial charge is 0.180 e. The lowest BCUT2D eigenvalue weighted by atomic mass is 10.1. The zero-order valence-electron chi connectivity index (χ0n) is 15.8. The SMILES string of the molecule is CN1CCN(Cc2cccc(C=NN=C(N)SCc3ccccc3)c2)CC1. The van der Waals surface area contributed by atoms with Gasteiger partial charge < -0.3 is 10.6 Å². The quantitative estimate of drug-likeness (QED) is 0.475. The molecule has 1 fully saturated rings. The van der Waals surface area contributed by atoms with Crippen molar-refractivity contribution in [3.8, 4) is 0 Å². The third-order valence-corrected chi connectivity index (χ3v) is 5.40. The number of thioether (sulfide) groups is 1. The Labute approximate surface area is 166 Å². The monoisotopic (exact) mass is 381 g/mol. The molecular weight excluding hydrogens is 354 g/mol. The lowest BCUT2D eigenvalue weighted by Crippen LogP contribution is -2.43. The van der Waals surface area contributed by atoms with Gasteiger partial charge in [-0.1, -0.05) is 60.3 Å². The summed E-state index contributed by atoms with van der Waals surface area (Å²) in [6, 6.07) is 18.7. The summed E-state index contributed by atoms with van der Waals surface area (Å²) in [5.41, 5.74) is 9.51. The molecule has 6 heteroatoms. The van der Waals surface area contributed by atoms with E-state index in [1.165, 1.54) is 22.9 Å². The van der Waals surface area contributed by atoms with Crippen molar-refractivity contribution in [2.24, 2.45) is 15.9 Å². The summed E-state index contributed by atoms with van der Waals surface area (Å²) in [7, 11) is 2.18. The maximum absolute atomic E-state index is 5.94. The molecule has 1 heterocycles. The van der Waals surface area contributed by atoms with E-state index in [9.17, 15) is 0 Å². The molecule has 0 atom stereocenters. The Morgan fingerprint density at radius 3 is 2.56 bits per heavy atom. The highest BCUT2D eigenvalue weighted by Gasteiger charge is 2.13. The van der Waals surface area contributed by atoms with Crippen LogP contribution in [0.5, 0.6) is 0 Å². The van der Waals surface area contributed by atoms with Crippen molar-refractivity contribution in [3.05, 3.63) is 71.3 Å². The summed E-state index contributed by atoms with van der Waals surface area (Å²) in [6.07, 6.45) is 1.77. The fourth-order valence-corrected chi connectivity index (χ4v) is 3.56. The number of rotatable bonds is 6. The van der Waals surface area contributed by atoms with Gasteiger partial charge in [-0.25, -0.2) is 0 Å². The van der Waals surface area contributed by atoms with Crippen LogP contribution in [0.1, 0.15) is 16.7 Å². The first-order valence-corrected chi connectivity index (χ1v) is 10.2. The van der Waals surface area contributed by atoms with Crippen molar-refractivity contribution in [1.82, 2.24) is 9.80 Å². The second-order valence-corrected chi connectivity index (χ2v) is 7.78. The van der Waals surface area contributed by atoms with Crippen LogP contribution in [0.2, 0.25) is 0 Å². The molecule has 1 aliphatic heterocycles. The van der Waals surface area contributed by atoms with Gasteiger partial charge in [0.1, 0.15) is 0 Å². The van der Waals surface area contributed by atoms with E-state index in [0.29, 0.717) is 5.17 Å². The van der Waals surface area contributed by atoms with E-state index in [1.54, 1.807) is 6.21 Å². The number of benzene rings is 2. The number of nitrogens with zero attached hydrogens (tertiary/aromatic N) is 4. The van der Waals surface area contributed by atoms with E-state index >= 15 is 0 Å². The van der Waals surface area contributed by atoms with Crippen LogP contribution in [-0.4, -0.2) is 54.4 Å². The third-order valence-electron chi connectivity index (χ3n) is 4.55. The van der Waals surface area contributed by atoms with Crippen LogP contribution < -0.4 is 5.73 Å². The summed E-state index contributed by atoms with van der Waals surface area (Å²) in [6.45, 7) is 5.49. The van der Waals surface area contributed by atoms with E-state index in [0.717, 1.165) is 44.0 Å². The summed E-state index contributed by atoms with van der Waals surface area (Å²) >= 11 is 1.49. The van der Waals surface area contributed by atoms with E-state index in [4.69, 9.17) is 5.73 Å². The molecule has 0 amide bonds. The molecule has 2 aromatic carbocycles. The van der Waals surface area contributed by atoms with Crippen LogP contribution >= 0.6 is 11.8 Å². The molecule has 0 unspecified atom stereocenters. The van der Waals surface area contributed by atoms with Gasteiger partial charge in [0, 0.05) is 38.5 Å². The van der Waals surface area contributed by atoms with Gasteiger partial charge in [-0.15, -0.1) is 5.10 Å². The number of hydrogen-bond acceptors (Lipinski definition) is 5. The number of likely N-dealkylation sites (N-methyl/N-ethyl adjacent to an activating group) is 1. The number of amidine groups is 1. The van der Waals surface area contributed by atoms with Crippen molar-refractivity contribution < 1.29 is 0 Å². The molecule has 0 bridgehead atoms. The van der Waals surface area contributed by atoms with Gasteiger partial charge in [0.15, 0.2) is 5.17 Å². The molecule has 0 aromatic heterocycles. The largest absolute Gasteiger partial charge is 0.377 e. The van der Waals surface area contributed by atoms with Crippen molar-refractivity contribution in [1.29, 1.82) is 0 Å². The molecule has 3 rings (SSSR count). The van der Waals surface area contributed by atoms with Gasteiger partial charge in [0.05, 0.1) is 6.21 Å². The van der Waals surface area contributed by atoms with Gasteiger partial charge in [0.2, 0.25) is 0 Å². The van der Waals surface area contributed by atoms with Gasteiger partial charge in [-0.05, 0) is 29.8 Å². The first kappa shape index (κ1) is 19.6. The second-order valence-electron chi connectivity index (χ2n) is 6.78. The highest BCUT2D eigenvalue weighted by Crippen LogP contribution is 2.12. The summed E-state index contributed by atoms with van der Waals surface area (Å²) in [5.74, 6) is 0.798. The van der Waals surface area contributed by atoms with Gasteiger partial charge in [-0.3, -0.25) is 4.90 Å². The summed E-state index contributed by atoms with van der Waals surface area (Å²) < 4.78 is 0. The van der Waals surface area contributed by atoms with Gasteiger partial charge in [0.25, 0.3) is 0 Å². The molecule has 1 aliphatic rings. The molecule has 0 saturated carbocycles. The Morgan fingerprint density at radius 1 is 1.04 bits per heavy atom. The lowest BCUT2D eigenvalue weighted by Gasteiger charge is -2.32. The number of nitrogens with two attached hydrogens (primary N) is 1. The van der Waals surface area contributed by atoms with Crippen LogP contribution in [0.4, 0.5) is 0 Å². The fraction of sp³-hybridized carbons (Fsp3) is 0.333. The normalized spacial score (nSPS) is 16.9. The molecule has 1 saturated heterocycles.